The van der Waals surface area contributed by atoms with Gasteiger partial charge in [-0.2, -0.15) is 0 Å². The number of aromatic carboxylic acids is 1. The van der Waals surface area contributed by atoms with Gasteiger partial charge in [0.1, 0.15) is 6.61 Å². The van der Waals surface area contributed by atoms with Crippen LogP contribution in [0.1, 0.15) is 31.8 Å². The molecule has 2 rings (SSSR count). The largest absolute Gasteiger partial charge is 0.663 e. The number of benzene rings is 2. The molecule has 0 aliphatic rings. The minimum atomic E-state index is -1.48. The number of hydrogen-bond donors (Lipinski definition) is 2. The van der Waals surface area contributed by atoms with E-state index in [1.165, 1.54) is 12.1 Å². The zero-order valence-corrected chi connectivity index (χ0v) is 18.3. The molecule has 14 nitrogen and oxygen atoms in total. The molecule has 4 N–H and O–H groups in total. The Morgan fingerprint density at radius 2 is 1.55 bits per heavy atom. The van der Waals surface area contributed by atoms with Gasteiger partial charge >= 0.3 is 5.97 Å². The van der Waals surface area contributed by atoms with Crippen molar-refractivity contribution in [3.63, 3.8) is 0 Å². The van der Waals surface area contributed by atoms with Crippen LogP contribution in [0.4, 0.5) is 11.4 Å². The van der Waals surface area contributed by atoms with E-state index in [0.717, 1.165) is 18.2 Å². The second-order valence-corrected chi connectivity index (χ2v) is 5.33. The van der Waals surface area contributed by atoms with Crippen molar-refractivity contribution in [2.75, 3.05) is 0 Å². The Morgan fingerprint density at radius 1 is 1.00 bits per heavy atom. The number of carboxylic acids is 1. The summed E-state index contributed by atoms with van der Waals surface area (Å²) < 4.78 is 0. The third-order valence-corrected chi connectivity index (χ3v) is 3.58. The van der Waals surface area contributed by atoms with Crippen molar-refractivity contribution in [3.8, 4) is 0 Å². The van der Waals surface area contributed by atoms with Crippen molar-refractivity contribution in [2.24, 2.45) is 0 Å². The summed E-state index contributed by atoms with van der Waals surface area (Å²) in [5.41, 5.74) is 5.36. The molecule has 0 spiro atoms. The van der Waals surface area contributed by atoms with E-state index in [1.807, 2.05) is 0 Å². The Kier molecular flexibility index (Phi) is 12.2. The van der Waals surface area contributed by atoms with Crippen LogP contribution in [0.3, 0.4) is 0 Å². The normalized spacial score (nSPS) is 9.61. The molecule has 0 saturated carbocycles. The summed E-state index contributed by atoms with van der Waals surface area (Å²) in [5.74, 6) is 3.71. The Hall–Kier alpha value is -2.88. The van der Waals surface area contributed by atoms with Crippen LogP contribution in [0.25, 0.3) is 11.6 Å². The summed E-state index contributed by atoms with van der Waals surface area (Å²) in [6.45, 7) is -0.407. The van der Waals surface area contributed by atoms with Crippen LogP contribution < -0.4 is 0 Å². The van der Waals surface area contributed by atoms with E-state index >= 15 is 0 Å². The van der Waals surface area contributed by atoms with Crippen LogP contribution in [-0.2, 0) is 55.6 Å². The van der Waals surface area contributed by atoms with Gasteiger partial charge in [-0.25, -0.2) is 9.68 Å². The summed E-state index contributed by atoms with van der Waals surface area (Å²) in [6, 6.07) is 7.49. The van der Waals surface area contributed by atoms with Gasteiger partial charge in [-0.1, -0.05) is 18.2 Å². The van der Waals surface area contributed by atoms with E-state index in [2.05, 4.69) is 9.73 Å². The van der Waals surface area contributed by atoms with Gasteiger partial charge in [-0.15, -0.1) is 0 Å². The van der Waals surface area contributed by atoms with Crippen LogP contribution >= 0.6 is 0 Å². The number of nitrogens with one attached hydrogen (secondary N) is 2. The molecule has 0 saturated heterocycles. The van der Waals surface area contributed by atoms with E-state index in [-0.39, 0.29) is 57.2 Å². The number of carbonyl (C=O) groups excluding carboxylic acids is 1. The fraction of sp³-hybridized carbons (Fsp3) is 0.125. The smallest absolute Gasteiger partial charge is 0.336 e. The van der Waals surface area contributed by atoms with Gasteiger partial charge in [0.05, 0.1) is 39.1 Å². The van der Waals surface area contributed by atoms with Crippen molar-refractivity contribution in [2.45, 2.75) is 13.2 Å². The standard InChI is InChI=1S/C8H9N2O5.C8H6N2O5.Y/c9-14-5-7-6(4-15-13)2-1-3-8(7)10(11)12;9-7(11)6-4(8(12)13)2-1-3-5(6)10(14)15;/h1-3,9,13H,4-5H2;1-3H,(H3,9,11,12,13);/q-1;;/p-1. The summed E-state index contributed by atoms with van der Waals surface area (Å²) in [4.78, 5) is 49.1. The number of nitro benzene ring substituents is 2. The molecule has 0 fully saturated rings. The van der Waals surface area contributed by atoms with Crippen molar-refractivity contribution in [1.29, 1.82) is 0 Å². The molecular weight excluding hydrogens is 497 g/mol. The average molecular weight is 511 g/mol. The minimum Gasteiger partial charge on any atom is -0.663 e. The second-order valence-electron chi connectivity index (χ2n) is 5.33. The van der Waals surface area contributed by atoms with Crippen molar-refractivity contribution < 1.29 is 72.2 Å². The molecule has 0 aromatic heterocycles. The summed E-state index contributed by atoms with van der Waals surface area (Å²) in [6.07, 6.45) is 0. The summed E-state index contributed by atoms with van der Waals surface area (Å²) in [7, 11) is 0. The molecule has 0 bridgehead atoms. The SMILES string of the molecule is [NH-]C(=O)c1c(C(=O)O)cccc1[N+](=O)[O-].[NH-]OCc1c(COO)cccc1[N+](=O)[O-].[Y]. The quantitative estimate of drug-likeness (QED) is 0.297. The molecule has 2 aromatic carbocycles. The summed E-state index contributed by atoms with van der Waals surface area (Å²) >= 11 is 0. The molecule has 31 heavy (non-hydrogen) atoms. The van der Waals surface area contributed by atoms with Crippen molar-refractivity contribution in [3.05, 3.63) is 90.5 Å². The number of nitrogens with zero attached hydrogens (tertiary/aromatic N) is 2. The molecule has 163 valence electrons. The van der Waals surface area contributed by atoms with E-state index in [4.69, 9.17) is 22.0 Å². The van der Waals surface area contributed by atoms with Gasteiger partial charge in [0, 0.05) is 44.8 Å². The predicted octanol–water partition coefficient (Wildman–Crippen LogP) is 3.55. The van der Waals surface area contributed by atoms with Gasteiger partial charge in [0.25, 0.3) is 11.4 Å². The van der Waals surface area contributed by atoms with Crippen LogP contribution in [0.5, 0.6) is 0 Å². The van der Waals surface area contributed by atoms with E-state index in [0.29, 0.717) is 5.56 Å². The van der Waals surface area contributed by atoms with Gasteiger partial charge < -0.3 is 26.4 Å². The van der Waals surface area contributed by atoms with Crippen molar-refractivity contribution >= 4 is 23.3 Å². The van der Waals surface area contributed by atoms with E-state index in [9.17, 15) is 29.8 Å². The van der Waals surface area contributed by atoms with Gasteiger partial charge in [-0.3, -0.25) is 25.5 Å². The molecule has 0 unspecified atom stereocenters. The first-order chi connectivity index (χ1) is 14.1. The molecule has 1 radical (unpaired) electrons. The molecule has 15 heteroatoms. The Bertz CT molecular complexity index is 937. The Morgan fingerprint density at radius 3 is 2.00 bits per heavy atom. The maximum absolute atomic E-state index is 10.8. The first-order valence-corrected chi connectivity index (χ1v) is 7.72. The van der Waals surface area contributed by atoms with E-state index < -0.39 is 38.5 Å². The number of amides is 1. The van der Waals surface area contributed by atoms with Gasteiger partial charge in [0.2, 0.25) is 0 Å². The third-order valence-electron chi connectivity index (χ3n) is 3.58. The second kappa shape index (κ2) is 13.4. The Labute approximate surface area is 198 Å². The molecule has 0 aliphatic carbocycles. The van der Waals surface area contributed by atoms with Crippen LogP contribution in [0, 0.1) is 20.2 Å². The average Bonchev–Trinajstić information content (AvgIpc) is 2.69. The first kappa shape index (κ1) is 28.1. The number of carbonyl (C=O) groups is 2. The zero-order chi connectivity index (χ0) is 22.8. The maximum atomic E-state index is 10.8. The van der Waals surface area contributed by atoms with Crippen LogP contribution in [0.15, 0.2) is 36.4 Å². The maximum Gasteiger partial charge on any atom is 0.336 e. The Balaban J connectivity index is 0.000000562. The van der Waals surface area contributed by atoms with Crippen molar-refractivity contribution in [1.82, 2.24) is 0 Å². The molecule has 0 heterocycles. The number of carboxylic acid groups (broad SMARTS) is 1. The van der Waals surface area contributed by atoms with Gasteiger partial charge in [-0.05, 0) is 11.6 Å². The predicted molar refractivity (Wildman–Crippen MR) is 98.3 cm³/mol. The number of nitro groups is 2. The fourth-order valence-electron chi connectivity index (χ4n) is 2.34. The number of hydrogen-bond acceptors (Lipinski definition) is 9. The molecule has 1 amide bonds. The minimum absolute atomic E-state index is 0. The molecular formula is C16H14N4O10Y-2. The monoisotopic (exact) mass is 511 g/mol. The third kappa shape index (κ3) is 7.71. The molecule has 0 aliphatic heterocycles. The first-order valence-electron chi connectivity index (χ1n) is 7.72. The van der Waals surface area contributed by atoms with E-state index in [1.54, 1.807) is 6.07 Å². The summed E-state index contributed by atoms with van der Waals surface area (Å²) in [5, 5.41) is 38.1. The topological polar surface area (TPSA) is 227 Å². The van der Waals surface area contributed by atoms with Crippen LogP contribution in [0.2, 0.25) is 0 Å². The zero-order valence-electron chi connectivity index (χ0n) is 15.5. The van der Waals surface area contributed by atoms with Crippen LogP contribution in [-0.4, -0.2) is 32.1 Å². The fourth-order valence-corrected chi connectivity index (χ4v) is 2.34. The van der Waals surface area contributed by atoms with Gasteiger partial charge in [0.15, 0.2) is 0 Å². The molecule has 2 aromatic rings. The molecule has 0 atom stereocenters. The number of rotatable bonds is 8.